The first-order chi connectivity index (χ1) is 9.45. The van der Waals surface area contributed by atoms with Gasteiger partial charge in [-0.15, -0.1) is 11.3 Å². The molecule has 110 valence electrons. The summed E-state index contributed by atoms with van der Waals surface area (Å²) in [5, 5.41) is 4.71. The summed E-state index contributed by atoms with van der Waals surface area (Å²) in [5.74, 6) is -0.264. The van der Waals surface area contributed by atoms with Gasteiger partial charge < -0.3 is 11.1 Å². The molecule has 0 aliphatic rings. The number of primary amides is 1. The third kappa shape index (κ3) is 2.92. The van der Waals surface area contributed by atoms with E-state index in [1.54, 1.807) is 11.6 Å². The Morgan fingerprint density at radius 1 is 1.55 bits per heavy atom. The van der Waals surface area contributed by atoms with E-state index in [9.17, 15) is 13.2 Å². The number of imidazole rings is 1. The fourth-order valence-electron chi connectivity index (χ4n) is 1.68. The maximum Gasteiger partial charge on any atom is 0.260 e. The fourth-order valence-corrected chi connectivity index (χ4v) is 3.74. The van der Waals surface area contributed by atoms with Crippen molar-refractivity contribution in [1.29, 1.82) is 0 Å². The highest BCUT2D eigenvalue weighted by molar-refractivity contribution is 7.89. The second-order valence-corrected chi connectivity index (χ2v) is 6.52. The summed E-state index contributed by atoms with van der Waals surface area (Å²) in [4.78, 5) is 15.5. The van der Waals surface area contributed by atoms with Crippen LogP contribution in [-0.4, -0.2) is 36.8 Å². The molecule has 0 saturated heterocycles. The number of hydrogen-bond acceptors (Lipinski definition) is 6. The van der Waals surface area contributed by atoms with Gasteiger partial charge in [0.2, 0.25) is 5.91 Å². The number of fused-ring (bicyclic) bond motifs is 1. The van der Waals surface area contributed by atoms with Crippen molar-refractivity contribution in [3.8, 4) is 0 Å². The number of nitrogens with zero attached hydrogens (tertiary/aromatic N) is 2. The SMILES string of the molecule is CCNc1nc2sccn2c1S(=O)(=O)NCCC(N)=O. The van der Waals surface area contributed by atoms with Crippen LogP contribution in [0.3, 0.4) is 0 Å². The number of amides is 1. The summed E-state index contributed by atoms with van der Waals surface area (Å²) in [5.41, 5.74) is 4.99. The van der Waals surface area contributed by atoms with E-state index in [4.69, 9.17) is 5.73 Å². The maximum atomic E-state index is 12.3. The standard InChI is InChI=1S/C10H15N5O3S2/c1-2-12-8-9(15-5-6-19-10(15)14-8)20(17,18)13-4-3-7(11)16/h5-6,12-13H,2-4H2,1H3,(H2,11,16). The molecule has 0 radical (unpaired) electrons. The van der Waals surface area contributed by atoms with Crippen LogP contribution in [0.15, 0.2) is 16.6 Å². The second kappa shape index (κ2) is 5.77. The third-order valence-electron chi connectivity index (χ3n) is 2.48. The molecule has 8 nitrogen and oxygen atoms in total. The van der Waals surface area contributed by atoms with Crippen LogP contribution < -0.4 is 15.8 Å². The summed E-state index contributed by atoms with van der Waals surface area (Å²) >= 11 is 1.34. The molecule has 20 heavy (non-hydrogen) atoms. The van der Waals surface area contributed by atoms with Crippen LogP contribution in [0.5, 0.6) is 0 Å². The van der Waals surface area contributed by atoms with Crippen molar-refractivity contribution < 1.29 is 13.2 Å². The topological polar surface area (TPSA) is 119 Å². The van der Waals surface area contributed by atoms with Crippen LogP contribution in [0.1, 0.15) is 13.3 Å². The van der Waals surface area contributed by atoms with Crippen molar-refractivity contribution in [2.45, 2.75) is 18.4 Å². The lowest BCUT2D eigenvalue weighted by Crippen LogP contribution is -2.29. The highest BCUT2D eigenvalue weighted by Gasteiger charge is 2.25. The molecule has 0 fully saturated rings. The summed E-state index contributed by atoms with van der Waals surface area (Å²) in [6.45, 7) is 2.36. The van der Waals surface area contributed by atoms with Gasteiger partial charge in [-0.25, -0.2) is 18.1 Å². The van der Waals surface area contributed by atoms with Gasteiger partial charge >= 0.3 is 0 Å². The van der Waals surface area contributed by atoms with E-state index in [0.29, 0.717) is 17.3 Å². The molecule has 0 bridgehead atoms. The Bertz CT molecular complexity index is 718. The van der Waals surface area contributed by atoms with Crippen LogP contribution in [0, 0.1) is 0 Å². The Kier molecular flexibility index (Phi) is 4.26. The van der Waals surface area contributed by atoms with E-state index in [1.807, 2.05) is 6.92 Å². The van der Waals surface area contributed by atoms with E-state index < -0.39 is 15.9 Å². The summed E-state index contributed by atoms with van der Waals surface area (Å²) < 4.78 is 28.5. The first-order valence-corrected chi connectivity index (χ1v) is 8.29. The maximum absolute atomic E-state index is 12.3. The van der Waals surface area contributed by atoms with Crippen LogP contribution in [0.25, 0.3) is 4.96 Å². The predicted octanol–water partition coefficient (Wildman–Crippen LogP) is -0.0187. The van der Waals surface area contributed by atoms with Crippen molar-refractivity contribution in [2.24, 2.45) is 5.73 Å². The molecule has 0 saturated carbocycles. The molecular formula is C10H15N5O3S2. The van der Waals surface area contributed by atoms with Crippen molar-refractivity contribution in [2.75, 3.05) is 18.4 Å². The van der Waals surface area contributed by atoms with Gasteiger partial charge in [0.25, 0.3) is 10.0 Å². The molecule has 0 unspecified atom stereocenters. The Labute approximate surface area is 120 Å². The molecule has 2 aromatic heterocycles. The molecule has 2 heterocycles. The normalized spacial score (nSPS) is 11.8. The number of rotatable bonds is 7. The minimum Gasteiger partial charge on any atom is -0.370 e. The van der Waals surface area contributed by atoms with Crippen molar-refractivity contribution >= 4 is 38.0 Å². The Balaban J connectivity index is 2.35. The van der Waals surface area contributed by atoms with Gasteiger partial charge in [-0.05, 0) is 6.92 Å². The Morgan fingerprint density at radius 3 is 2.95 bits per heavy atom. The number of nitrogens with two attached hydrogens (primary N) is 1. The molecule has 0 aliphatic heterocycles. The van der Waals surface area contributed by atoms with Gasteiger partial charge in [-0.3, -0.25) is 9.20 Å². The smallest absolute Gasteiger partial charge is 0.260 e. The van der Waals surface area contributed by atoms with Gasteiger partial charge in [0.15, 0.2) is 15.8 Å². The molecule has 1 amide bonds. The van der Waals surface area contributed by atoms with E-state index in [1.165, 1.54) is 15.7 Å². The third-order valence-corrected chi connectivity index (χ3v) is 4.72. The lowest BCUT2D eigenvalue weighted by Gasteiger charge is -2.07. The predicted molar refractivity (Wildman–Crippen MR) is 76.2 cm³/mol. The van der Waals surface area contributed by atoms with Crippen LogP contribution in [0.2, 0.25) is 0 Å². The number of thiazole rings is 1. The molecule has 0 spiro atoms. The monoisotopic (exact) mass is 317 g/mol. The molecular weight excluding hydrogens is 302 g/mol. The zero-order valence-corrected chi connectivity index (χ0v) is 12.4. The number of anilines is 1. The number of nitrogens with one attached hydrogen (secondary N) is 2. The average Bonchev–Trinajstić information content (AvgIpc) is 2.87. The van der Waals surface area contributed by atoms with Crippen LogP contribution in [0.4, 0.5) is 5.82 Å². The highest BCUT2D eigenvalue weighted by Crippen LogP contribution is 2.25. The van der Waals surface area contributed by atoms with Crippen LogP contribution in [-0.2, 0) is 14.8 Å². The summed E-state index contributed by atoms with van der Waals surface area (Å²) in [7, 11) is -3.78. The second-order valence-electron chi connectivity index (χ2n) is 3.97. The average molecular weight is 317 g/mol. The zero-order valence-electron chi connectivity index (χ0n) is 10.8. The van der Waals surface area contributed by atoms with E-state index in [-0.39, 0.29) is 18.0 Å². The van der Waals surface area contributed by atoms with Crippen molar-refractivity contribution in [3.05, 3.63) is 11.6 Å². The van der Waals surface area contributed by atoms with Crippen molar-refractivity contribution in [1.82, 2.24) is 14.1 Å². The molecule has 10 heteroatoms. The number of carbonyl (C=O) groups excluding carboxylic acids is 1. The summed E-state index contributed by atoms with van der Waals surface area (Å²) in [6.07, 6.45) is 1.58. The lowest BCUT2D eigenvalue weighted by molar-refractivity contribution is -0.117. The largest absolute Gasteiger partial charge is 0.370 e. The van der Waals surface area contributed by atoms with Crippen molar-refractivity contribution in [3.63, 3.8) is 0 Å². The van der Waals surface area contributed by atoms with Gasteiger partial charge in [-0.1, -0.05) is 0 Å². The lowest BCUT2D eigenvalue weighted by atomic mass is 10.4. The van der Waals surface area contributed by atoms with Gasteiger partial charge in [0, 0.05) is 31.1 Å². The van der Waals surface area contributed by atoms with Crippen LogP contribution >= 0.6 is 11.3 Å². The van der Waals surface area contributed by atoms with Gasteiger partial charge in [0.05, 0.1) is 0 Å². The van der Waals surface area contributed by atoms with E-state index in [2.05, 4.69) is 15.0 Å². The first-order valence-electron chi connectivity index (χ1n) is 5.93. The number of aromatic nitrogens is 2. The molecule has 0 aromatic carbocycles. The number of sulfonamides is 1. The number of carbonyl (C=O) groups is 1. The quantitative estimate of drug-likeness (QED) is 0.663. The Hall–Kier alpha value is -1.65. The Morgan fingerprint density at radius 2 is 2.30 bits per heavy atom. The summed E-state index contributed by atoms with van der Waals surface area (Å²) in [6, 6.07) is 0. The number of hydrogen-bond donors (Lipinski definition) is 3. The zero-order chi connectivity index (χ0) is 14.8. The first kappa shape index (κ1) is 14.8. The van der Waals surface area contributed by atoms with E-state index in [0.717, 1.165) is 0 Å². The molecule has 0 aliphatic carbocycles. The molecule has 2 rings (SSSR count). The van der Waals surface area contributed by atoms with Gasteiger partial charge in [0.1, 0.15) is 0 Å². The highest BCUT2D eigenvalue weighted by atomic mass is 32.2. The molecule has 2 aromatic rings. The molecule has 4 N–H and O–H groups in total. The fraction of sp³-hybridized carbons (Fsp3) is 0.400. The van der Waals surface area contributed by atoms with E-state index >= 15 is 0 Å². The molecule has 0 atom stereocenters. The minimum atomic E-state index is -3.78. The van der Waals surface area contributed by atoms with Gasteiger partial charge in [-0.2, -0.15) is 0 Å². The minimum absolute atomic E-state index is 0.0411.